The highest BCUT2D eigenvalue weighted by atomic mass is 16.5. The van der Waals surface area contributed by atoms with Gasteiger partial charge in [-0.25, -0.2) is 0 Å². The first-order valence-electron chi connectivity index (χ1n) is 7.72. The summed E-state index contributed by atoms with van der Waals surface area (Å²) in [6.45, 7) is 1.41. The van der Waals surface area contributed by atoms with Gasteiger partial charge in [-0.15, -0.1) is 10.2 Å². The second kappa shape index (κ2) is 7.47. The molecular weight excluding hydrogens is 336 g/mol. The molecule has 0 spiro atoms. The van der Waals surface area contributed by atoms with Crippen molar-refractivity contribution in [3.8, 4) is 17.2 Å². The topological polar surface area (TPSA) is 106 Å². The minimum Gasteiger partial charge on any atom is -0.497 e. The van der Waals surface area contributed by atoms with E-state index < -0.39 is 5.91 Å². The molecule has 0 aliphatic carbocycles. The van der Waals surface area contributed by atoms with Crippen LogP contribution in [0.1, 0.15) is 17.6 Å². The number of hydrogen-bond acceptors (Lipinski definition) is 6. The zero-order valence-corrected chi connectivity index (χ0v) is 14.1. The Morgan fingerprint density at radius 2 is 1.73 bits per heavy atom. The van der Waals surface area contributed by atoms with Gasteiger partial charge in [-0.1, -0.05) is 12.1 Å². The van der Waals surface area contributed by atoms with Gasteiger partial charge in [-0.3, -0.25) is 9.59 Å². The molecule has 1 heterocycles. The van der Waals surface area contributed by atoms with E-state index in [0.717, 1.165) is 0 Å². The lowest BCUT2D eigenvalue weighted by Crippen LogP contribution is -2.13. The summed E-state index contributed by atoms with van der Waals surface area (Å²) >= 11 is 0. The van der Waals surface area contributed by atoms with Crippen molar-refractivity contribution in [3.05, 3.63) is 54.4 Å². The minimum atomic E-state index is -0.549. The van der Waals surface area contributed by atoms with Crippen molar-refractivity contribution in [1.82, 2.24) is 10.2 Å². The number of carbonyl (C=O) groups is 2. The van der Waals surface area contributed by atoms with Crippen LogP contribution in [0.2, 0.25) is 0 Å². The van der Waals surface area contributed by atoms with E-state index in [0.29, 0.717) is 22.7 Å². The molecule has 2 N–H and O–H groups in total. The number of rotatable bonds is 5. The van der Waals surface area contributed by atoms with Gasteiger partial charge in [0.2, 0.25) is 11.8 Å². The van der Waals surface area contributed by atoms with E-state index in [-0.39, 0.29) is 17.7 Å². The van der Waals surface area contributed by atoms with E-state index in [2.05, 4.69) is 20.8 Å². The lowest BCUT2D eigenvalue weighted by molar-refractivity contribution is -0.114. The Kier molecular flexibility index (Phi) is 4.93. The molecule has 0 bridgehead atoms. The molecule has 0 aliphatic rings. The highest BCUT2D eigenvalue weighted by Crippen LogP contribution is 2.23. The van der Waals surface area contributed by atoms with E-state index in [4.69, 9.17) is 9.15 Å². The standard InChI is InChI=1S/C18H16N4O4/c1-11(23)19-13-6-4-7-14(10-13)20-16(24)18-22-21-17(26-18)12-5-3-8-15(9-12)25-2/h3-10H,1-2H3,(H,19,23)(H,20,24). The fourth-order valence-corrected chi connectivity index (χ4v) is 2.25. The fourth-order valence-electron chi connectivity index (χ4n) is 2.25. The van der Waals surface area contributed by atoms with Crippen LogP contribution in [0, 0.1) is 0 Å². The van der Waals surface area contributed by atoms with E-state index in [1.54, 1.807) is 55.6 Å². The Morgan fingerprint density at radius 1 is 1.00 bits per heavy atom. The monoisotopic (exact) mass is 352 g/mol. The molecule has 3 aromatic rings. The van der Waals surface area contributed by atoms with Crippen molar-refractivity contribution in [3.63, 3.8) is 0 Å². The number of benzene rings is 2. The summed E-state index contributed by atoms with van der Waals surface area (Å²) < 4.78 is 10.6. The van der Waals surface area contributed by atoms with Crippen LogP contribution in [0.5, 0.6) is 5.75 Å². The Bertz CT molecular complexity index is 952. The van der Waals surface area contributed by atoms with Crippen LogP contribution < -0.4 is 15.4 Å². The third kappa shape index (κ3) is 4.04. The molecule has 1 aromatic heterocycles. The maximum atomic E-state index is 12.3. The van der Waals surface area contributed by atoms with Gasteiger partial charge in [0.05, 0.1) is 7.11 Å². The molecule has 2 amide bonds. The summed E-state index contributed by atoms with van der Waals surface area (Å²) in [7, 11) is 1.56. The number of ether oxygens (including phenoxy) is 1. The first kappa shape index (κ1) is 17.2. The maximum Gasteiger partial charge on any atom is 0.313 e. The van der Waals surface area contributed by atoms with Gasteiger partial charge in [-0.2, -0.15) is 0 Å². The largest absolute Gasteiger partial charge is 0.497 e. The molecule has 8 heteroatoms. The lowest BCUT2D eigenvalue weighted by Gasteiger charge is -2.06. The quantitative estimate of drug-likeness (QED) is 0.731. The zero-order chi connectivity index (χ0) is 18.5. The van der Waals surface area contributed by atoms with Crippen LogP contribution in [0.15, 0.2) is 52.9 Å². The number of nitrogens with zero attached hydrogens (tertiary/aromatic N) is 2. The van der Waals surface area contributed by atoms with Gasteiger partial charge in [0.1, 0.15) is 5.75 Å². The van der Waals surface area contributed by atoms with E-state index in [1.165, 1.54) is 6.92 Å². The fraction of sp³-hybridized carbons (Fsp3) is 0.111. The van der Waals surface area contributed by atoms with Gasteiger partial charge in [-0.05, 0) is 36.4 Å². The lowest BCUT2D eigenvalue weighted by atomic mass is 10.2. The van der Waals surface area contributed by atoms with Gasteiger partial charge >= 0.3 is 11.8 Å². The predicted molar refractivity (Wildman–Crippen MR) is 95.0 cm³/mol. The molecule has 0 radical (unpaired) electrons. The van der Waals surface area contributed by atoms with Crippen LogP contribution >= 0.6 is 0 Å². The molecule has 0 saturated heterocycles. The Morgan fingerprint density at radius 3 is 2.46 bits per heavy atom. The maximum absolute atomic E-state index is 12.3. The third-order valence-electron chi connectivity index (χ3n) is 3.38. The van der Waals surface area contributed by atoms with Crippen LogP contribution in [-0.2, 0) is 4.79 Å². The third-order valence-corrected chi connectivity index (χ3v) is 3.38. The van der Waals surface area contributed by atoms with E-state index in [1.807, 2.05) is 0 Å². The SMILES string of the molecule is COc1cccc(-c2nnc(C(=O)Nc3cccc(NC(C)=O)c3)o2)c1. The summed E-state index contributed by atoms with van der Waals surface area (Å²) in [6.07, 6.45) is 0. The Labute approximate surface area is 149 Å². The normalized spacial score (nSPS) is 10.2. The number of anilines is 2. The molecule has 0 fully saturated rings. The van der Waals surface area contributed by atoms with Crippen molar-refractivity contribution in [2.24, 2.45) is 0 Å². The molecule has 0 aliphatic heterocycles. The molecule has 0 unspecified atom stereocenters. The average Bonchev–Trinajstić information content (AvgIpc) is 3.12. The molecular formula is C18H16N4O4. The highest BCUT2D eigenvalue weighted by Gasteiger charge is 2.16. The summed E-state index contributed by atoms with van der Waals surface area (Å²) in [5, 5.41) is 13.0. The van der Waals surface area contributed by atoms with Crippen LogP contribution in [0.4, 0.5) is 11.4 Å². The van der Waals surface area contributed by atoms with Crippen LogP contribution in [-0.4, -0.2) is 29.1 Å². The summed E-state index contributed by atoms with van der Waals surface area (Å²) in [4.78, 5) is 23.4. The minimum absolute atomic E-state index is 0.173. The van der Waals surface area contributed by atoms with Gasteiger partial charge in [0.25, 0.3) is 0 Å². The first-order chi connectivity index (χ1) is 12.5. The van der Waals surface area contributed by atoms with Crippen molar-refractivity contribution in [2.75, 3.05) is 17.7 Å². The number of carbonyl (C=O) groups excluding carboxylic acids is 2. The average molecular weight is 352 g/mol. The molecule has 132 valence electrons. The summed E-state index contributed by atoms with van der Waals surface area (Å²) in [6, 6.07) is 13.8. The van der Waals surface area contributed by atoms with Gasteiger partial charge in [0.15, 0.2) is 0 Å². The molecule has 8 nitrogen and oxygen atoms in total. The smallest absolute Gasteiger partial charge is 0.313 e. The highest BCUT2D eigenvalue weighted by molar-refractivity contribution is 6.01. The van der Waals surface area contributed by atoms with Gasteiger partial charge < -0.3 is 19.8 Å². The van der Waals surface area contributed by atoms with Gasteiger partial charge in [0, 0.05) is 23.9 Å². The predicted octanol–water partition coefficient (Wildman–Crippen LogP) is 2.96. The number of hydrogen-bond donors (Lipinski definition) is 2. The van der Waals surface area contributed by atoms with Crippen LogP contribution in [0.3, 0.4) is 0 Å². The number of amides is 2. The summed E-state index contributed by atoms with van der Waals surface area (Å²) in [5.74, 6) is -0.0739. The Balaban J connectivity index is 1.75. The molecule has 0 atom stereocenters. The first-order valence-corrected chi connectivity index (χ1v) is 7.72. The number of aromatic nitrogens is 2. The molecule has 26 heavy (non-hydrogen) atoms. The van der Waals surface area contributed by atoms with Crippen LogP contribution in [0.25, 0.3) is 11.5 Å². The van der Waals surface area contributed by atoms with Crippen molar-refractivity contribution in [2.45, 2.75) is 6.92 Å². The van der Waals surface area contributed by atoms with E-state index >= 15 is 0 Å². The van der Waals surface area contributed by atoms with Crippen molar-refractivity contribution >= 4 is 23.2 Å². The van der Waals surface area contributed by atoms with Crippen molar-refractivity contribution < 1.29 is 18.7 Å². The molecule has 0 saturated carbocycles. The second-order valence-corrected chi connectivity index (χ2v) is 5.36. The van der Waals surface area contributed by atoms with E-state index in [9.17, 15) is 9.59 Å². The second-order valence-electron chi connectivity index (χ2n) is 5.36. The summed E-state index contributed by atoms with van der Waals surface area (Å²) in [5.41, 5.74) is 1.70. The molecule has 2 aromatic carbocycles. The molecule has 3 rings (SSSR count). The van der Waals surface area contributed by atoms with Crippen molar-refractivity contribution in [1.29, 1.82) is 0 Å². The number of methoxy groups -OCH3 is 1. The zero-order valence-electron chi connectivity index (χ0n) is 14.1. The Hall–Kier alpha value is -3.68. The number of nitrogens with one attached hydrogen (secondary N) is 2.